The Morgan fingerprint density at radius 3 is 2.08 bits per heavy atom. The van der Waals surface area contributed by atoms with Crippen LogP contribution in [0.15, 0.2) is 53.4 Å². The molecule has 0 saturated heterocycles. The average molecular weight is 376 g/mol. The molecule has 0 unspecified atom stereocenters. The molecule has 0 aliphatic rings. The highest BCUT2D eigenvalue weighted by atomic mass is 32.2. The maximum Gasteiger partial charge on any atom is 0.303 e. The molecule has 2 aromatic carbocycles. The van der Waals surface area contributed by atoms with Gasteiger partial charge in [-0.15, -0.1) is 0 Å². The fourth-order valence-corrected chi connectivity index (χ4v) is 3.30. The van der Waals surface area contributed by atoms with E-state index in [0.29, 0.717) is 17.7 Å². The molecule has 2 N–H and O–H groups in total. The third-order valence-corrected chi connectivity index (χ3v) is 5.05. The second kappa shape index (κ2) is 8.01. The van der Waals surface area contributed by atoms with Gasteiger partial charge in [0.25, 0.3) is 15.9 Å². The van der Waals surface area contributed by atoms with Gasteiger partial charge in [-0.3, -0.25) is 14.3 Å². The van der Waals surface area contributed by atoms with Gasteiger partial charge in [0, 0.05) is 31.8 Å². The number of sulfonamides is 1. The SMILES string of the molecule is CN(C)C(=O)c1ccc(NS(=O)(=O)c2ccc(CCC(=O)O)cc2)cc1. The third kappa shape index (κ3) is 5.06. The van der Waals surface area contributed by atoms with Crippen LogP contribution >= 0.6 is 0 Å². The highest BCUT2D eigenvalue weighted by Crippen LogP contribution is 2.18. The topological polar surface area (TPSA) is 104 Å². The molecule has 0 bridgehead atoms. The Bertz CT molecular complexity index is 888. The second-order valence-electron chi connectivity index (χ2n) is 5.92. The van der Waals surface area contributed by atoms with Crippen LogP contribution in [0.5, 0.6) is 0 Å². The first-order valence-corrected chi connectivity index (χ1v) is 9.32. The van der Waals surface area contributed by atoms with E-state index in [1.807, 2.05) is 0 Å². The lowest BCUT2D eigenvalue weighted by Crippen LogP contribution is -2.21. The number of hydrogen-bond acceptors (Lipinski definition) is 4. The molecule has 0 saturated carbocycles. The summed E-state index contributed by atoms with van der Waals surface area (Å²) < 4.78 is 27.3. The number of nitrogens with one attached hydrogen (secondary N) is 1. The van der Waals surface area contributed by atoms with E-state index in [0.717, 1.165) is 5.56 Å². The van der Waals surface area contributed by atoms with Gasteiger partial charge in [-0.2, -0.15) is 0 Å². The quantitative estimate of drug-likeness (QED) is 0.771. The van der Waals surface area contributed by atoms with Crippen molar-refractivity contribution in [1.29, 1.82) is 0 Å². The summed E-state index contributed by atoms with van der Waals surface area (Å²) in [5, 5.41) is 8.68. The predicted molar refractivity (Wildman–Crippen MR) is 97.7 cm³/mol. The summed E-state index contributed by atoms with van der Waals surface area (Å²) in [5.74, 6) is -1.07. The van der Waals surface area contributed by atoms with E-state index in [1.165, 1.54) is 29.2 Å². The zero-order chi connectivity index (χ0) is 19.3. The van der Waals surface area contributed by atoms with Crippen LogP contribution in [0.4, 0.5) is 5.69 Å². The normalized spacial score (nSPS) is 11.0. The smallest absolute Gasteiger partial charge is 0.303 e. The van der Waals surface area contributed by atoms with Crippen molar-refractivity contribution in [1.82, 2.24) is 4.90 Å². The first-order valence-electron chi connectivity index (χ1n) is 7.84. The minimum atomic E-state index is -3.77. The molecule has 1 amide bonds. The van der Waals surface area contributed by atoms with E-state index in [-0.39, 0.29) is 17.2 Å². The zero-order valence-electron chi connectivity index (χ0n) is 14.5. The maximum atomic E-state index is 12.4. The molecule has 0 aliphatic carbocycles. The number of anilines is 1. The minimum Gasteiger partial charge on any atom is -0.481 e. The number of carbonyl (C=O) groups is 2. The van der Waals surface area contributed by atoms with Gasteiger partial charge in [-0.1, -0.05) is 12.1 Å². The van der Waals surface area contributed by atoms with Gasteiger partial charge < -0.3 is 10.0 Å². The van der Waals surface area contributed by atoms with Gasteiger partial charge in [0.2, 0.25) is 0 Å². The van der Waals surface area contributed by atoms with E-state index in [4.69, 9.17) is 5.11 Å². The number of carboxylic acid groups (broad SMARTS) is 1. The van der Waals surface area contributed by atoms with Crippen LogP contribution in [0.3, 0.4) is 0 Å². The molecule has 0 fully saturated rings. The summed E-state index contributed by atoms with van der Waals surface area (Å²) in [6.45, 7) is 0. The van der Waals surface area contributed by atoms with Gasteiger partial charge in [-0.25, -0.2) is 8.42 Å². The van der Waals surface area contributed by atoms with Crippen molar-refractivity contribution in [2.24, 2.45) is 0 Å². The van der Waals surface area contributed by atoms with Crippen LogP contribution in [-0.2, 0) is 21.2 Å². The zero-order valence-corrected chi connectivity index (χ0v) is 15.3. The molecule has 8 heteroatoms. The lowest BCUT2D eigenvalue weighted by atomic mass is 10.1. The second-order valence-corrected chi connectivity index (χ2v) is 7.60. The number of aliphatic carboxylic acids is 1. The summed E-state index contributed by atoms with van der Waals surface area (Å²) in [5.41, 5.74) is 1.55. The number of hydrogen-bond donors (Lipinski definition) is 2. The van der Waals surface area contributed by atoms with Crippen molar-refractivity contribution in [3.63, 3.8) is 0 Å². The molecule has 26 heavy (non-hydrogen) atoms. The van der Waals surface area contributed by atoms with Crippen molar-refractivity contribution in [2.75, 3.05) is 18.8 Å². The number of carbonyl (C=O) groups excluding carboxylic acids is 1. The lowest BCUT2D eigenvalue weighted by molar-refractivity contribution is -0.136. The molecule has 0 spiro atoms. The number of benzene rings is 2. The molecule has 0 radical (unpaired) electrons. The number of amides is 1. The standard InChI is InChI=1S/C18H20N2O5S/c1-20(2)18(23)14-6-8-15(9-7-14)19-26(24,25)16-10-3-13(4-11-16)5-12-17(21)22/h3-4,6-11,19H,5,12H2,1-2H3,(H,21,22). The number of aryl methyl sites for hydroxylation is 1. The largest absolute Gasteiger partial charge is 0.481 e. The number of rotatable bonds is 7. The molecular weight excluding hydrogens is 356 g/mol. The van der Waals surface area contributed by atoms with E-state index in [1.54, 1.807) is 38.4 Å². The van der Waals surface area contributed by atoms with Crippen LogP contribution in [-0.4, -0.2) is 44.4 Å². The highest BCUT2D eigenvalue weighted by Gasteiger charge is 2.15. The van der Waals surface area contributed by atoms with Gasteiger partial charge in [0.1, 0.15) is 0 Å². The van der Waals surface area contributed by atoms with Gasteiger partial charge >= 0.3 is 5.97 Å². The molecule has 138 valence electrons. The fourth-order valence-electron chi connectivity index (χ4n) is 2.24. The van der Waals surface area contributed by atoms with Crippen LogP contribution in [0, 0.1) is 0 Å². The first kappa shape index (κ1) is 19.5. The van der Waals surface area contributed by atoms with Crippen LogP contribution < -0.4 is 4.72 Å². The Balaban J connectivity index is 2.10. The molecular formula is C18H20N2O5S. The van der Waals surface area contributed by atoms with Gasteiger partial charge in [0.15, 0.2) is 0 Å². The molecule has 2 rings (SSSR count). The summed E-state index contributed by atoms with van der Waals surface area (Å²) >= 11 is 0. The third-order valence-electron chi connectivity index (χ3n) is 3.65. The van der Waals surface area contributed by atoms with Crippen LogP contribution in [0.25, 0.3) is 0 Å². The molecule has 2 aromatic rings. The summed E-state index contributed by atoms with van der Waals surface area (Å²) in [6, 6.07) is 12.2. The Morgan fingerprint density at radius 2 is 1.58 bits per heavy atom. The van der Waals surface area contributed by atoms with Crippen molar-refractivity contribution >= 4 is 27.6 Å². The maximum absolute atomic E-state index is 12.4. The Hall–Kier alpha value is -2.87. The van der Waals surface area contributed by atoms with Crippen LogP contribution in [0.2, 0.25) is 0 Å². The number of carboxylic acids is 1. The Kier molecular flexibility index (Phi) is 5.99. The van der Waals surface area contributed by atoms with Crippen LogP contribution in [0.1, 0.15) is 22.3 Å². The predicted octanol–water partition coefficient (Wildman–Crippen LogP) is 2.21. The monoisotopic (exact) mass is 376 g/mol. The Labute approximate surface area is 152 Å². The van der Waals surface area contributed by atoms with E-state index in [9.17, 15) is 18.0 Å². The fraction of sp³-hybridized carbons (Fsp3) is 0.222. The van der Waals surface area contributed by atoms with E-state index >= 15 is 0 Å². The molecule has 7 nitrogen and oxygen atoms in total. The van der Waals surface area contributed by atoms with Gasteiger partial charge in [0.05, 0.1) is 4.90 Å². The molecule has 0 atom stereocenters. The summed E-state index contributed by atoms with van der Waals surface area (Å²) in [6.07, 6.45) is 0.326. The van der Waals surface area contributed by atoms with E-state index < -0.39 is 16.0 Å². The lowest BCUT2D eigenvalue weighted by Gasteiger charge is -2.12. The Morgan fingerprint density at radius 1 is 1.00 bits per heavy atom. The van der Waals surface area contributed by atoms with E-state index in [2.05, 4.69) is 4.72 Å². The van der Waals surface area contributed by atoms with Crippen molar-refractivity contribution in [2.45, 2.75) is 17.7 Å². The summed E-state index contributed by atoms with van der Waals surface area (Å²) in [4.78, 5) is 23.9. The summed E-state index contributed by atoms with van der Waals surface area (Å²) in [7, 11) is -0.497. The highest BCUT2D eigenvalue weighted by molar-refractivity contribution is 7.92. The minimum absolute atomic E-state index is 0.0115. The van der Waals surface area contributed by atoms with Crippen molar-refractivity contribution in [3.8, 4) is 0 Å². The van der Waals surface area contributed by atoms with Crippen molar-refractivity contribution in [3.05, 3.63) is 59.7 Å². The molecule has 0 aliphatic heterocycles. The number of nitrogens with zero attached hydrogens (tertiary/aromatic N) is 1. The average Bonchev–Trinajstić information content (AvgIpc) is 2.60. The van der Waals surface area contributed by atoms with Gasteiger partial charge in [-0.05, 0) is 48.4 Å². The first-order chi connectivity index (χ1) is 12.2. The molecule has 0 aromatic heterocycles. The molecule has 0 heterocycles. The van der Waals surface area contributed by atoms with Crippen molar-refractivity contribution < 1.29 is 23.1 Å².